The molecular formula is C27H30N2O5. The van der Waals surface area contributed by atoms with Crippen molar-refractivity contribution in [2.24, 2.45) is 0 Å². The van der Waals surface area contributed by atoms with Crippen LogP contribution in [0.25, 0.3) is 5.76 Å². The number of Topliss-reactive ketones (excluding diaryl/α,β-unsaturated/α-hetero) is 1. The third-order valence-electron chi connectivity index (χ3n) is 5.39. The van der Waals surface area contributed by atoms with Crippen molar-refractivity contribution >= 4 is 17.4 Å². The molecule has 3 rings (SSSR count). The standard InChI is InChI=1S/C27H30N2O5/c1-5-17-33-21-11-7-19(8-12-21)24-23(26(31)27(32)29(24)16-15-28(3)4)25(30)20-9-13-22(14-10-20)34-18-6-2/h5-14,24,30H,1-2,15-18H2,3-4H3/b25-23+/t24-/m1/s1. The van der Waals surface area contributed by atoms with Crippen molar-refractivity contribution in [1.29, 1.82) is 0 Å². The summed E-state index contributed by atoms with van der Waals surface area (Å²) in [5.74, 6) is -0.317. The number of hydrogen-bond donors (Lipinski definition) is 1. The molecule has 7 nitrogen and oxygen atoms in total. The van der Waals surface area contributed by atoms with E-state index in [1.54, 1.807) is 60.7 Å². The minimum atomic E-state index is -0.718. The van der Waals surface area contributed by atoms with Crippen LogP contribution < -0.4 is 9.47 Å². The summed E-state index contributed by atoms with van der Waals surface area (Å²) in [4.78, 5) is 29.5. The van der Waals surface area contributed by atoms with E-state index in [-0.39, 0.29) is 11.3 Å². The lowest BCUT2D eigenvalue weighted by atomic mass is 9.95. The molecule has 0 spiro atoms. The number of ether oxygens (including phenoxy) is 2. The van der Waals surface area contributed by atoms with Crippen LogP contribution in [0.3, 0.4) is 0 Å². The molecule has 1 heterocycles. The molecule has 7 heteroatoms. The maximum Gasteiger partial charge on any atom is 0.295 e. The average Bonchev–Trinajstić information content (AvgIpc) is 3.10. The molecule has 1 fully saturated rings. The summed E-state index contributed by atoms with van der Waals surface area (Å²) in [5, 5.41) is 11.1. The summed E-state index contributed by atoms with van der Waals surface area (Å²) in [6.07, 6.45) is 3.29. The highest BCUT2D eigenvalue weighted by molar-refractivity contribution is 6.46. The number of benzene rings is 2. The molecule has 1 amide bonds. The van der Waals surface area contributed by atoms with Crippen molar-refractivity contribution in [3.8, 4) is 11.5 Å². The molecule has 1 atom stereocenters. The number of amides is 1. The third kappa shape index (κ3) is 5.55. The minimum Gasteiger partial charge on any atom is -0.507 e. The summed E-state index contributed by atoms with van der Waals surface area (Å²) in [6, 6.07) is 13.1. The molecule has 0 aromatic heterocycles. The van der Waals surface area contributed by atoms with Crippen LogP contribution in [0.15, 0.2) is 79.4 Å². The highest BCUT2D eigenvalue weighted by atomic mass is 16.5. The largest absolute Gasteiger partial charge is 0.507 e. The van der Waals surface area contributed by atoms with Gasteiger partial charge in [0.15, 0.2) is 0 Å². The van der Waals surface area contributed by atoms with Gasteiger partial charge in [0.2, 0.25) is 0 Å². The van der Waals surface area contributed by atoms with Gasteiger partial charge in [0.05, 0.1) is 11.6 Å². The Morgan fingerprint density at radius 2 is 1.50 bits per heavy atom. The summed E-state index contributed by atoms with van der Waals surface area (Å²) in [7, 11) is 3.79. The second-order valence-corrected chi connectivity index (χ2v) is 8.09. The Bertz CT molecular complexity index is 1070. The van der Waals surface area contributed by atoms with Crippen molar-refractivity contribution in [2.45, 2.75) is 6.04 Å². The van der Waals surface area contributed by atoms with Gasteiger partial charge in [-0.25, -0.2) is 0 Å². The molecule has 0 aliphatic carbocycles. The van der Waals surface area contributed by atoms with Crippen molar-refractivity contribution in [3.63, 3.8) is 0 Å². The molecule has 0 bridgehead atoms. The summed E-state index contributed by atoms with van der Waals surface area (Å²) >= 11 is 0. The molecule has 1 aliphatic heterocycles. The molecule has 0 radical (unpaired) electrons. The first-order chi connectivity index (χ1) is 16.4. The Kier molecular flexibility index (Phi) is 8.27. The smallest absolute Gasteiger partial charge is 0.295 e. The van der Waals surface area contributed by atoms with Gasteiger partial charge in [-0.1, -0.05) is 37.4 Å². The third-order valence-corrected chi connectivity index (χ3v) is 5.39. The van der Waals surface area contributed by atoms with E-state index in [1.807, 2.05) is 19.0 Å². The van der Waals surface area contributed by atoms with Crippen LogP contribution in [-0.2, 0) is 9.59 Å². The summed E-state index contributed by atoms with van der Waals surface area (Å²) < 4.78 is 11.0. The zero-order valence-corrected chi connectivity index (χ0v) is 19.6. The number of aliphatic hydroxyl groups is 1. The van der Waals surface area contributed by atoms with E-state index >= 15 is 0 Å². The monoisotopic (exact) mass is 462 g/mol. The van der Waals surface area contributed by atoms with E-state index in [2.05, 4.69) is 13.2 Å². The molecule has 178 valence electrons. The Labute approximate surface area is 200 Å². The van der Waals surface area contributed by atoms with Gasteiger partial charge in [0, 0.05) is 18.7 Å². The van der Waals surface area contributed by atoms with E-state index in [9.17, 15) is 14.7 Å². The zero-order valence-electron chi connectivity index (χ0n) is 19.6. The van der Waals surface area contributed by atoms with Crippen molar-refractivity contribution in [3.05, 3.63) is 90.5 Å². The quantitative estimate of drug-likeness (QED) is 0.237. The van der Waals surface area contributed by atoms with E-state index in [1.165, 1.54) is 4.90 Å². The Hall–Kier alpha value is -3.84. The van der Waals surface area contributed by atoms with Crippen LogP contribution in [0.5, 0.6) is 11.5 Å². The number of nitrogens with zero attached hydrogens (tertiary/aromatic N) is 2. The molecule has 0 unspecified atom stereocenters. The zero-order chi connectivity index (χ0) is 24.7. The van der Waals surface area contributed by atoms with E-state index in [0.717, 1.165) is 0 Å². The predicted molar refractivity (Wildman–Crippen MR) is 132 cm³/mol. The number of aliphatic hydroxyl groups excluding tert-OH is 1. The SMILES string of the molecule is C=CCOc1ccc(/C(O)=C2\C(=O)C(=O)N(CCN(C)C)[C@@H]2c2ccc(OCC=C)cc2)cc1. The molecule has 1 N–H and O–H groups in total. The van der Waals surface area contributed by atoms with Gasteiger partial charge >= 0.3 is 0 Å². The van der Waals surface area contributed by atoms with Crippen molar-refractivity contribution in [1.82, 2.24) is 9.80 Å². The first-order valence-electron chi connectivity index (χ1n) is 11.0. The number of carbonyl (C=O) groups excluding carboxylic acids is 2. The van der Waals surface area contributed by atoms with Crippen LogP contribution in [0.2, 0.25) is 0 Å². The first kappa shape index (κ1) is 24.8. The maximum absolute atomic E-state index is 13.1. The number of ketones is 1. The van der Waals surface area contributed by atoms with Gasteiger partial charge in [-0.15, -0.1) is 0 Å². The highest BCUT2D eigenvalue weighted by Gasteiger charge is 2.45. The van der Waals surface area contributed by atoms with Crippen LogP contribution in [0.4, 0.5) is 0 Å². The lowest BCUT2D eigenvalue weighted by Gasteiger charge is -2.26. The number of likely N-dealkylation sites (tertiary alicyclic amines) is 1. The van der Waals surface area contributed by atoms with Crippen LogP contribution in [0.1, 0.15) is 17.2 Å². The molecule has 2 aromatic rings. The Morgan fingerprint density at radius 1 is 0.971 bits per heavy atom. The molecule has 0 saturated carbocycles. The Morgan fingerprint density at radius 3 is 2.00 bits per heavy atom. The van der Waals surface area contributed by atoms with Crippen LogP contribution >= 0.6 is 0 Å². The first-order valence-corrected chi connectivity index (χ1v) is 11.0. The summed E-state index contributed by atoms with van der Waals surface area (Å²) in [5.41, 5.74) is 1.19. The van der Waals surface area contributed by atoms with E-state index < -0.39 is 17.7 Å². The van der Waals surface area contributed by atoms with Crippen LogP contribution in [0, 0.1) is 0 Å². The number of likely N-dealkylation sites (N-methyl/N-ethyl adjacent to an activating group) is 1. The van der Waals surface area contributed by atoms with Gasteiger partial charge in [0.1, 0.15) is 30.5 Å². The van der Waals surface area contributed by atoms with E-state index in [0.29, 0.717) is 48.9 Å². The second kappa shape index (κ2) is 11.3. The lowest BCUT2D eigenvalue weighted by molar-refractivity contribution is -0.140. The molecule has 34 heavy (non-hydrogen) atoms. The molecule has 2 aromatic carbocycles. The van der Waals surface area contributed by atoms with Gasteiger partial charge in [0.25, 0.3) is 11.7 Å². The second-order valence-electron chi connectivity index (χ2n) is 8.09. The fourth-order valence-corrected chi connectivity index (χ4v) is 3.69. The van der Waals surface area contributed by atoms with Crippen molar-refractivity contribution in [2.75, 3.05) is 40.4 Å². The normalized spacial score (nSPS) is 17.1. The van der Waals surface area contributed by atoms with Gasteiger partial charge in [-0.2, -0.15) is 0 Å². The van der Waals surface area contributed by atoms with Crippen LogP contribution in [-0.4, -0.2) is 67.0 Å². The lowest BCUT2D eigenvalue weighted by Crippen LogP contribution is -2.35. The average molecular weight is 463 g/mol. The van der Waals surface area contributed by atoms with E-state index in [4.69, 9.17) is 9.47 Å². The van der Waals surface area contributed by atoms with Crippen molar-refractivity contribution < 1.29 is 24.2 Å². The minimum absolute atomic E-state index is 0.0586. The fraction of sp³-hybridized carbons (Fsp3) is 0.259. The molecule has 1 saturated heterocycles. The Balaban J connectivity index is 2.03. The molecule has 1 aliphatic rings. The maximum atomic E-state index is 13.1. The topological polar surface area (TPSA) is 79.3 Å². The highest BCUT2D eigenvalue weighted by Crippen LogP contribution is 2.39. The number of carbonyl (C=O) groups is 2. The predicted octanol–water partition coefficient (Wildman–Crippen LogP) is 3.80. The van der Waals surface area contributed by atoms with Gasteiger partial charge in [-0.05, 0) is 56.1 Å². The molecular weight excluding hydrogens is 432 g/mol. The van der Waals surface area contributed by atoms with Gasteiger partial charge < -0.3 is 24.4 Å². The number of hydrogen-bond acceptors (Lipinski definition) is 6. The summed E-state index contributed by atoms with van der Waals surface area (Å²) in [6.45, 7) is 8.89. The van der Waals surface area contributed by atoms with Gasteiger partial charge in [-0.3, -0.25) is 9.59 Å². The fourth-order valence-electron chi connectivity index (χ4n) is 3.69. The number of rotatable bonds is 11.